The van der Waals surface area contributed by atoms with Crippen molar-refractivity contribution in [2.75, 3.05) is 26.2 Å². The summed E-state index contributed by atoms with van der Waals surface area (Å²) in [5.74, 6) is 0. The van der Waals surface area contributed by atoms with Crippen molar-refractivity contribution >= 4 is 17.2 Å². The lowest BCUT2D eigenvalue weighted by Gasteiger charge is -2.38. The maximum atomic E-state index is 8.69. The standard InChI is InChI=1S/C13H26N2OS/c1-13(12(14)17)6-9-15(10-7-13)8-4-2-3-5-11-16/h16H,2-11H2,1H3,(H2,14,17). The van der Waals surface area contributed by atoms with E-state index in [0.29, 0.717) is 11.6 Å². The molecule has 0 aromatic rings. The van der Waals surface area contributed by atoms with Gasteiger partial charge in [0.25, 0.3) is 0 Å². The quantitative estimate of drug-likeness (QED) is 0.541. The molecule has 0 amide bonds. The van der Waals surface area contributed by atoms with Crippen LogP contribution in [0.25, 0.3) is 0 Å². The molecule has 17 heavy (non-hydrogen) atoms. The summed E-state index contributed by atoms with van der Waals surface area (Å²) in [6, 6.07) is 0. The molecule has 100 valence electrons. The van der Waals surface area contributed by atoms with E-state index in [-0.39, 0.29) is 5.41 Å². The molecule has 0 spiro atoms. The van der Waals surface area contributed by atoms with Gasteiger partial charge in [-0.15, -0.1) is 0 Å². The maximum Gasteiger partial charge on any atom is 0.0788 e. The fourth-order valence-electron chi connectivity index (χ4n) is 2.32. The second-order valence-corrected chi connectivity index (χ2v) is 5.84. The number of aliphatic hydroxyl groups is 1. The molecular formula is C13H26N2OS. The summed E-state index contributed by atoms with van der Waals surface area (Å²) in [4.78, 5) is 3.19. The highest BCUT2D eigenvalue weighted by atomic mass is 32.1. The number of aliphatic hydroxyl groups excluding tert-OH is 1. The van der Waals surface area contributed by atoms with Crippen LogP contribution < -0.4 is 5.73 Å². The summed E-state index contributed by atoms with van der Waals surface area (Å²) in [5, 5.41) is 8.69. The minimum atomic E-state index is 0.0860. The van der Waals surface area contributed by atoms with Crippen LogP contribution in [0.15, 0.2) is 0 Å². The van der Waals surface area contributed by atoms with Gasteiger partial charge in [0, 0.05) is 12.0 Å². The molecule has 3 N–H and O–H groups in total. The van der Waals surface area contributed by atoms with Crippen molar-refractivity contribution in [3.63, 3.8) is 0 Å². The number of piperidine rings is 1. The lowest BCUT2D eigenvalue weighted by molar-refractivity contribution is 0.161. The zero-order valence-electron chi connectivity index (χ0n) is 11.0. The van der Waals surface area contributed by atoms with Crippen molar-refractivity contribution < 1.29 is 5.11 Å². The number of hydrogen-bond acceptors (Lipinski definition) is 3. The Morgan fingerprint density at radius 2 is 1.82 bits per heavy atom. The molecule has 0 aromatic heterocycles. The molecule has 0 bridgehead atoms. The van der Waals surface area contributed by atoms with Gasteiger partial charge in [0.1, 0.15) is 0 Å². The van der Waals surface area contributed by atoms with Crippen molar-refractivity contribution in [1.29, 1.82) is 0 Å². The molecule has 1 fully saturated rings. The van der Waals surface area contributed by atoms with Gasteiger partial charge in [0.2, 0.25) is 0 Å². The average Bonchev–Trinajstić information content (AvgIpc) is 2.31. The van der Waals surface area contributed by atoms with Crippen LogP contribution in [0.1, 0.15) is 45.4 Å². The highest BCUT2D eigenvalue weighted by Gasteiger charge is 2.32. The first-order chi connectivity index (χ1) is 8.08. The normalized spacial score (nSPS) is 20.4. The second kappa shape index (κ2) is 7.29. The van der Waals surface area contributed by atoms with Crippen molar-refractivity contribution in [2.45, 2.75) is 45.4 Å². The largest absolute Gasteiger partial charge is 0.396 e. The van der Waals surface area contributed by atoms with Gasteiger partial charge < -0.3 is 15.7 Å². The highest BCUT2D eigenvalue weighted by molar-refractivity contribution is 7.80. The van der Waals surface area contributed by atoms with E-state index in [2.05, 4.69) is 11.8 Å². The Hall–Kier alpha value is -0.190. The molecule has 0 saturated carbocycles. The Kier molecular flexibility index (Phi) is 6.38. The van der Waals surface area contributed by atoms with Gasteiger partial charge in [-0.2, -0.15) is 0 Å². The molecule has 0 aromatic carbocycles. The minimum Gasteiger partial charge on any atom is -0.396 e. The lowest BCUT2D eigenvalue weighted by Crippen LogP contribution is -2.44. The molecule has 1 rings (SSSR count). The molecule has 1 heterocycles. The van der Waals surface area contributed by atoms with Crippen LogP contribution >= 0.6 is 12.2 Å². The van der Waals surface area contributed by atoms with E-state index in [1.807, 2.05) is 0 Å². The molecule has 3 nitrogen and oxygen atoms in total. The average molecular weight is 258 g/mol. The molecular weight excluding hydrogens is 232 g/mol. The minimum absolute atomic E-state index is 0.0860. The van der Waals surface area contributed by atoms with Crippen LogP contribution in [0.5, 0.6) is 0 Å². The predicted octanol–water partition coefficient (Wildman–Crippen LogP) is 1.93. The SMILES string of the molecule is CC1(C(N)=S)CCN(CCCCCCO)CC1. The third-order valence-electron chi connectivity index (χ3n) is 3.94. The highest BCUT2D eigenvalue weighted by Crippen LogP contribution is 2.31. The summed E-state index contributed by atoms with van der Waals surface area (Å²) in [6.07, 6.45) is 6.75. The first-order valence-corrected chi connectivity index (χ1v) is 7.12. The predicted molar refractivity (Wildman–Crippen MR) is 76.1 cm³/mol. The van der Waals surface area contributed by atoms with Gasteiger partial charge in [0.05, 0.1) is 4.99 Å². The number of unbranched alkanes of at least 4 members (excludes halogenated alkanes) is 3. The Morgan fingerprint density at radius 1 is 1.24 bits per heavy atom. The second-order valence-electron chi connectivity index (χ2n) is 5.40. The number of rotatable bonds is 7. The van der Waals surface area contributed by atoms with E-state index in [9.17, 15) is 0 Å². The van der Waals surface area contributed by atoms with E-state index in [4.69, 9.17) is 23.1 Å². The molecule has 1 aliphatic heterocycles. The van der Waals surface area contributed by atoms with E-state index < -0.39 is 0 Å². The van der Waals surface area contributed by atoms with Gasteiger partial charge in [-0.25, -0.2) is 0 Å². The summed E-state index contributed by atoms with van der Waals surface area (Å²) >= 11 is 5.14. The third kappa shape index (κ3) is 4.90. The zero-order chi connectivity index (χ0) is 12.7. The number of nitrogens with zero attached hydrogens (tertiary/aromatic N) is 1. The first kappa shape index (κ1) is 14.9. The molecule has 0 unspecified atom stereocenters. The Balaban J connectivity index is 2.13. The molecule has 0 radical (unpaired) electrons. The Bertz CT molecular complexity index is 238. The molecule has 1 saturated heterocycles. The van der Waals surface area contributed by atoms with Crippen LogP contribution in [-0.4, -0.2) is 41.2 Å². The topological polar surface area (TPSA) is 49.5 Å². The van der Waals surface area contributed by atoms with Gasteiger partial charge in [-0.3, -0.25) is 0 Å². The monoisotopic (exact) mass is 258 g/mol. The van der Waals surface area contributed by atoms with Crippen molar-refractivity contribution in [3.8, 4) is 0 Å². The van der Waals surface area contributed by atoms with Gasteiger partial charge >= 0.3 is 0 Å². The molecule has 1 aliphatic rings. The Morgan fingerprint density at radius 3 is 2.35 bits per heavy atom. The van der Waals surface area contributed by atoms with Gasteiger partial charge in [0.15, 0.2) is 0 Å². The molecule has 4 heteroatoms. The van der Waals surface area contributed by atoms with Crippen molar-refractivity contribution in [3.05, 3.63) is 0 Å². The fraction of sp³-hybridized carbons (Fsp3) is 0.923. The third-order valence-corrected chi connectivity index (χ3v) is 4.43. The van der Waals surface area contributed by atoms with Crippen LogP contribution in [0.3, 0.4) is 0 Å². The number of likely N-dealkylation sites (tertiary alicyclic amines) is 1. The summed E-state index contributed by atoms with van der Waals surface area (Å²) < 4.78 is 0. The lowest BCUT2D eigenvalue weighted by atomic mass is 9.80. The van der Waals surface area contributed by atoms with Gasteiger partial charge in [-0.05, 0) is 45.3 Å². The van der Waals surface area contributed by atoms with E-state index in [0.717, 1.165) is 38.8 Å². The van der Waals surface area contributed by atoms with E-state index >= 15 is 0 Å². The smallest absolute Gasteiger partial charge is 0.0788 e. The van der Waals surface area contributed by atoms with Crippen LogP contribution in [-0.2, 0) is 0 Å². The molecule has 0 atom stereocenters. The van der Waals surface area contributed by atoms with E-state index in [1.54, 1.807) is 0 Å². The summed E-state index contributed by atoms with van der Waals surface area (Å²) in [7, 11) is 0. The Labute approximate surface area is 110 Å². The van der Waals surface area contributed by atoms with Crippen LogP contribution in [0, 0.1) is 5.41 Å². The van der Waals surface area contributed by atoms with E-state index in [1.165, 1.54) is 19.4 Å². The van der Waals surface area contributed by atoms with Crippen molar-refractivity contribution in [1.82, 2.24) is 4.90 Å². The number of thiocarbonyl (C=S) groups is 1. The summed E-state index contributed by atoms with van der Waals surface area (Å²) in [6.45, 7) is 5.93. The van der Waals surface area contributed by atoms with Crippen molar-refractivity contribution in [2.24, 2.45) is 11.1 Å². The summed E-state index contributed by atoms with van der Waals surface area (Å²) in [5.41, 5.74) is 5.88. The fourth-order valence-corrected chi connectivity index (χ4v) is 2.52. The maximum absolute atomic E-state index is 8.69. The number of nitrogens with two attached hydrogens (primary N) is 1. The molecule has 0 aliphatic carbocycles. The zero-order valence-corrected chi connectivity index (χ0v) is 11.8. The van der Waals surface area contributed by atoms with Crippen LogP contribution in [0.4, 0.5) is 0 Å². The van der Waals surface area contributed by atoms with Gasteiger partial charge in [-0.1, -0.05) is 32.0 Å². The van der Waals surface area contributed by atoms with Crippen LogP contribution in [0.2, 0.25) is 0 Å². The number of hydrogen-bond donors (Lipinski definition) is 2. The first-order valence-electron chi connectivity index (χ1n) is 6.71.